The van der Waals surface area contributed by atoms with Gasteiger partial charge in [-0.1, -0.05) is 42.5 Å². The summed E-state index contributed by atoms with van der Waals surface area (Å²) in [5.74, 6) is 1.89. The summed E-state index contributed by atoms with van der Waals surface area (Å²) in [7, 11) is 1.71. The maximum atomic E-state index is 11.7. The predicted octanol–water partition coefficient (Wildman–Crippen LogP) is 4.59. The number of fused-ring (bicyclic) bond motifs is 1. The summed E-state index contributed by atoms with van der Waals surface area (Å²) >= 11 is 0. The zero-order valence-corrected chi connectivity index (χ0v) is 15.4. The number of carbonyl (C=O) groups is 1. The van der Waals surface area contributed by atoms with Crippen LogP contribution < -0.4 is 10.1 Å². The van der Waals surface area contributed by atoms with Gasteiger partial charge in [0.1, 0.15) is 5.75 Å². The number of benzene rings is 2. The van der Waals surface area contributed by atoms with Crippen molar-refractivity contribution in [2.45, 2.75) is 37.5 Å². The number of methoxy groups -OCH3 is 1. The molecule has 0 fully saturated rings. The zero-order chi connectivity index (χ0) is 18.4. The summed E-state index contributed by atoms with van der Waals surface area (Å²) in [5.41, 5.74) is 4.16. The van der Waals surface area contributed by atoms with E-state index in [0.29, 0.717) is 24.8 Å². The van der Waals surface area contributed by atoms with Gasteiger partial charge in [0.2, 0.25) is 5.91 Å². The van der Waals surface area contributed by atoms with Crippen LogP contribution in [0.1, 0.15) is 47.8 Å². The van der Waals surface area contributed by atoms with Gasteiger partial charge < -0.3 is 10.1 Å². The van der Waals surface area contributed by atoms with Crippen LogP contribution in [-0.4, -0.2) is 19.6 Å². The summed E-state index contributed by atoms with van der Waals surface area (Å²) in [6, 6.07) is 17.2. The van der Waals surface area contributed by atoms with Crippen LogP contribution in [0.2, 0.25) is 0 Å². The second kappa shape index (κ2) is 8.70. The standard InChI is InChI=1S/C23H27NO2/c1-3-7-23(25)24-13-12-19-15-20(17-8-5-4-6-9-17)14-18-10-11-21(26-2)16-22(18)19/h3-6,8-11,16,19-20H,1,7,12-15H2,2H3,(H,24,25). The molecule has 2 unspecified atom stereocenters. The first kappa shape index (κ1) is 18.2. The van der Waals surface area contributed by atoms with E-state index in [4.69, 9.17) is 4.74 Å². The van der Waals surface area contributed by atoms with Crippen LogP contribution in [-0.2, 0) is 11.2 Å². The van der Waals surface area contributed by atoms with Gasteiger partial charge in [-0.3, -0.25) is 4.79 Å². The van der Waals surface area contributed by atoms with Crippen LogP contribution in [0.15, 0.2) is 61.2 Å². The maximum absolute atomic E-state index is 11.7. The van der Waals surface area contributed by atoms with Gasteiger partial charge in [0.05, 0.1) is 7.11 Å². The molecular formula is C23H27NO2. The van der Waals surface area contributed by atoms with Gasteiger partial charge in [0, 0.05) is 13.0 Å². The molecule has 3 rings (SSSR count). The Bertz CT molecular complexity index is 754. The second-order valence-corrected chi connectivity index (χ2v) is 6.94. The minimum Gasteiger partial charge on any atom is -0.497 e. The second-order valence-electron chi connectivity index (χ2n) is 6.94. The van der Waals surface area contributed by atoms with E-state index in [1.165, 1.54) is 16.7 Å². The van der Waals surface area contributed by atoms with Crippen molar-refractivity contribution in [2.75, 3.05) is 13.7 Å². The van der Waals surface area contributed by atoms with E-state index in [9.17, 15) is 4.79 Å². The van der Waals surface area contributed by atoms with Crippen molar-refractivity contribution in [3.05, 3.63) is 77.9 Å². The summed E-state index contributed by atoms with van der Waals surface area (Å²) in [6.45, 7) is 4.31. The Hall–Kier alpha value is -2.55. The summed E-state index contributed by atoms with van der Waals surface area (Å²) in [6.07, 6.45) is 5.11. The largest absolute Gasteiger partial charge is 0.497 e. The monoisotopic (exact) mass is 349 g/mol. The van der Waals surface area contributed by atoms with Crippen LogP contribution >= 0.6 is 0 Å². The van der Waals surface area contributed by atoms with Gasteiger partial charge in [0.15, 0.2) is 0 Å². The average Bonchev–Trinajstić information content (AvgIpc) is 2.68. The van der Waals surface area contributed by atoms with Gasteiger partial charge in [0.25, 0.3) is 0 Å². The number of hydrogen-bond acceptors (Lipinski definition) is 2. The van der Waals surface area contributed by atoms with Gasteiger partial charge in [-0.15, -0.1) is 6.58 Å². The molecule has 2 aromatic rings. The van der Waals surface area contributed by atoms with Crippen molar-refractivity contribution in [1.29, 1.82) is 0 Å². The predicted molar refractivity (Wildman–Crippen MR) is 106 cm³/mol. The maximum Gasteiger partial charge on any atom is 0.223 e. The first-order valence-corrected chi connectivity index (χ1v) is 9.30. The highest BCUT2D eigenvalue weighted by Crippen LogP contribution is 2.42. The summed E-state index contributed by atoms with van der Waals surface area (Å²) in [5, 5.41) is 3.00. The molecule has 3 heteroatoms. The Morgan fingerprint density at radius 1 is 1.27 bits per heavy atom. The lowest BCUT2D eigenvalue weighted by molar-refractivity contribution is -0.120. The molecule has 0 aliphatic heterocycles. The number of hydrogen-bond donors (Lipinski definition) is 1. The Labute approximate surface area is 156 Å². The van der Waals surface area contributed by atoms with Gasteiger partial charge in [-0.25, -0.2) is 0 Å². The van der Waals surface area contributed by atoms with Crippen LogP contribution in [0.5, 0.6) is 5.75 Å². The molecule has 2 aromatic carbocycles. The third-order valence-corrected chi connectivity index (χ3v) is 5.24. The lowest BCUT2D eigenvalue weighted by Crippen LogP contribution is -2.26. The third-order valence-electron chi connectivity index (χ3n) is 5.24. The van der Waals surface area contributed by atoms with E-state index in [0.717, 1.165) is 25.0 Å². The molecule has 0 saturated heterocycles. The topological polar surface area (TPSA) is 38.3 Å². The van der Waals surface area contributed by atoms with Crippen molar-refractivity contribution in [3.8, 4) is 5.75 Å². The number of ether oxygens (including phenoxy) is 1. The van der Waals surface area contributed by atoms with Crippen LogP contribution in [0.3, 0.4) is 0 Å². The fraction of sp³-hybridized carbons (Fsp3) is 0.348. The van der Waals surface area contributed by atoms with Crippen molar-refractivity contribution < 1.29 is 9.53 Å². The molecule has 0 radical (unpaired) electrons. The van der Waals surface area contributed by atoms with Crippen LogP contribution in [0, 0.1) is 0 Å². The van der Waals surface area contributed by atoms with Gasteiger partial charge >= 0.3 is 0 Å². The molecule has 1 N–H and O–H groups in total. The molecule has 2 atom stereocenters. The zero-order valence-electron chi connectivity index (χ0n) is 15.4. The van der Waals surface area contributed by atoms with E-state index >= 15 is 0 Å². The molecule has 0 spiro atoms. The highest BCUT2D eigenvalue weighted by Gasteiger charge is 2.28. The molecule has 0 saturated carbocycles. The normalized spacial score (nSPS) is 18.7. The SMILES string of the molecule is C=CCC(=O)NCCC1CC(c2ccccc2)Cc2ccc(OC)cc21. The molecule has 1 amide bonds. The number of nitrogens with one attached hydrogen (secondary N) is 1. The Morgan fingerprint density at radius 2 is 2.08 bits per heavy atom. The summed E-state index contributed by atoms with van der Waals surface area (Å²) < 4.78 is 5.43. The Kier molecular flexibility index (Phi) is 6.11. The van der Waals surface area contributed by atoms with E-state index in [2.05, 4.69) is 60.4 Å². The molecule has 3 nitrogen and oxygen atoms in total. The minimum absolute atomic E-state index is 0.0429. The first-order valence-electron chi connectivity index (χ1n) is 9.30. The van der Waals surface area contributed by atoms with E-state index in [1.54, 1.807) is 13.2 Å². The van der Waals surface area contributed by atoms with Crippen LogP contribution in [0.4, 0.5) is 0 Å². The van der Waals surface area contributed by atoms with Crippen molar-refractivity contribution in [1.82, 2.24) is 5.32 Å². The molecular weight excluding hydrogens is 322 g/mol. The van der Waals surface area contributed by atoms with Gasteiger partial charge in [-0.2, -0.15) is 0 Å². The first-order chi connectivity index (χ1) is 12.7. The van der Waals surface area contributed by atoms with E-state index < -0.39 is 0 Å². The van der Waals surface area contributed by atoms with Crippen molar-refractivity contribution in [2.24, 2.45) is 0 Å². The lowest BCUT2D eigenvalue weighted by Gasteiger charge is -2.32. The fourth-order valence-corrected chi connectivity index (χ4v) is 3.93. The fourth-order valence-electron chi connectivity index (χ4n) is 3.93. The van der Waals surface area contributed by atoms with Crippen molar-refractivity contribution in [3.63, 3.8) is 0 Å². The Morgan fingerprint density at radius 3 is 2.81 bits per heavy atom. The molecule has 0 bridgehead atoms. The molecule has 136 valence electrons. The third kappa shape index (κ3) is 4.34. The average molecular weight is 349 g/mol. The number of carbonyl (C=O) groups excluding carboxylic acids is 1. The minimum atomic E-state index is 0.0429. The smallest absolute Gasteiger partial charge is 0.223 e. The van der Waals surface area contributed by atoms with Crippen molar-refractivity contribution >= 4 is 5.91 Å². The molecule has 1 aliphatic carbocycles. The van der Waals surface area contributed by atoms with Crippen LogP contribution in [0.25, 0.3) is 0 Å². The summed E-state index contributed by atoms with van der Waals surface area (Å²) in [4.78, 5) is 11.7. The Balaban J connectivity index is 1.78. The molecule has 0 heterocycles. The number of rotatable bonds is 7. The quantitative estimate of drug-likeness (QED) is 0.743. The molecule has 0 aromatic heterocycles. The highest BCUT2D eigenvalue weighted by molar-refractivity contribution is 5.77. The number of amides is 1. The molecule has 26 heavy (non-hydrogen) atoms. The van der Waals surface area contributed by atoms with E-state index in [-0.39, 0.29) is 5.91 Å². The van der Waals surface area contributed by atoms with Gasteiger partial charge in [-0.05, 0) is 59.9 Å². The molecule has 1 aliphatic rings. The lowest BCUT2D eigenvalue weighted by atomic mass is 9.73. The van der Waals surface area contributed by atoms with E-state index in [1.807, 2.05) is 0 Å². The highest BCUT2D eigenvalue weighted by atomic mass is 16.5.